The number of rotatable bonds is 1. The summed E-state index contributed by atoms with van der Waals surface area (Å²) in [4.78, 5) is 18.5. The molecule has 5 aromatic rings. The van der Waals surface area contributed by atoms with E-state index >= 15 is 0 Å². The van der Waals surface area contributed by atoms with Crippen molar-refractivity contribution in [2.45, 2.75) is 0 Å². The average Bonchev–Trinajstić information content (AvgIpc) is 3.19. The molecule has 0 amide bonds. The Morgan fingerprint density at radius 1 is 0.727 bits per heavy atom. The van der Waals surface area contributed by atoms with Crippen molar-refractivity contribution in [1.82, 2.24) is 19.9 Å². The third-order valence-electron chi connectivity index (χ3n) is 3.70. The fraction of sp³-hybridized carbons (Fsp3) is 0. The van der Waals surface area contributed by atoms with Crippen molar-refractivity contribution in [2.75, 3.05) is 0 Å². The first kappa shape index (κ1) is 11.8. The van der Waals surface area contributed by atoms with Crippen LogP contribution in [0.15, 0.2) is 53.9 Å². The number of hydrogen-bond donors (Lipinski definition) is 1. The van der Waals surface area contributed by atoms with E-state index in [9.17, 15) is 0 Å². The van der Waals surface area contributed by atoms with E-state index < -0.39 is 0 Å². The fourth-order valence-corrected chi connectivity index (χ4v) is 3.32. The Hall–Kier alpha value is -2.79. The molecular formula is C17H10N4S. The smallest absolute Gasteiger partial charge is 0.170 e. The van der Waals surface area contributed by atoms with Gasteiger partial charge in [0.25, 0.3) is 0 Å². The molecule has 0 unspecified atom stereocenters. The molecule has 5 rings (SSSR count). The highest BCUT2D eigenvalue weighted by Gasteiger charge is 2.10. The first-order valence-corrected chi connectivity index (χ1v) is 7.85. The minimum absolute atomic E-state index is 0.782. The molecule has 0 saturated heterocycles. The van der Waals surface area contributed by atoms with Crippen LogP contribution >= 0.6 is 11.3 Å². The van der Waals surface area contributed by atoms with Crippen LogP contribution in [0.1, 0.15) is 0 Å². The molecule has 0 bridgehead atoms. The van der Waals surface area contributed by atoms with E-state index in [0.717, 1.165) is 43.8 Å². The van der Waals surface area contributed by atoms with Gasteiger partial charge in [-0.25, -0.2) is 15.0 Å². The summed E-state index contributed by atoms with van der Waals surface area (Å²) in [7, 11) is 0. The molecule has 0 fully saturated rings. The van der Waals surface area contributed by atoms with E-state index in [1.807, 2.05) is 53.9 Å². The maximum Gasteiger partial charge on any atom is 0.170 e. The van der Waals surface area contributed by atoms with Crippen LogP contribution in [-0.2, 0) is 0 Å². The van der Waals surface area contributed by atoms with Crippen molar-refractivity contribution in [3.63, 3.8) is 0 Å². The summed E-state index contributed by atoms with van der Waals surface area (Å²) in [5.41, 5.74) is 5.63. The lowest BCUT2D eigenvalue weighted by Crippen LogP contribution is -1.87. The van der Waals surface area contributed by atoms with Crippen LogP contribution in [0, 0.1) is 0 Å². The van der Waals surface area contributed by atoms with E-state index in [2.05, 4.69) is 15.0 Å². The lowest BCUT2D eigenvalue weighted by atomic mass is 10.2. The monoisotopic (exact) mass is 302 g/mol. The lowest BCUT2D eigenvalue weighted by molar-refractivity contribution is 1.36. The molecule has 3 aromatic heterocycles. The van der Waals surface area contributed by atoms with Crippen molar-refractivity contribution >= 4 is 44.4 Å². The van der Waals surface area contributed by atoms with Crippen molar-refractivity contribution in [1.29, 1.82) is 0 Å². The number of hydrogen-bond acceptors (Lipinski definition) is 4. The number of nitrogens with zero attached hydrogens (tertiary/aromatic N) is 3. The van der Waals surface area contributed by atoms with Crippen molar-refractivity contribution in [2.24, 2.45) is 0 Å². The number of fused-ring (bicyclic) bond motifs is 3. The van der Waals surface area contributed by atoms with Gasteiger partial charge in [-0.2, -0.15) is 0 Å². The van der Waals surface area contributed by atoms with Gasteiger partial charge in [0.2, 0.25) is 0 Å². The molecule has 5 heteroatoms. The van der Waals surface area contributed by atoms with Crippen molar-refractivity contribution in [3.05, 3.63) is 53.9 Å². The van der Waals surface area contributed by atoms with E-state index in [-0.39, 0.29) is 0 Å². The quantitative estimate of drug-likeness (QED) is 0.467. The second-order valence-electron chi connectivity index (χ2n) is 5.14. The summed E-state index contributed by atoms with van der Waals surface area (Å²) in [5, 5.41) is 2.04. The molecule has 3 heterocycles. The predicted octanol–water partition coefficient (Wildman–Crippen LogP) is 4.39. The minimum atomic E-state index is 0.782. The molecular weight excluding hydrogens is 292 g/mol. The zero-order valence-corrected chi connectivity index (χ0v) is 12.3. The van der Waals surface area contributed by atoms with Crippen LogP contribution in [0.2, 0.25) is 0 Å². The minimum Gasteiger partial charge on any atom is -0.352 e. The Morgan fingerprint density at radius 3 is 2.45 bits per heavy atom. The number of aromatic nitrogens is 4. The third-order valence-corrected chi connectivity index (χ3v) is 4.57. The second kappa shape index (κ2) is 4.35. The molecule has 0 radical (unpaired) electrons. The Bertz CT molecular complexity index is 1050. The van der Waals surface area contributed by atoms with Gasteiger partial charge >= 0.3 is 0 Å². The summed E-state index contributed by atoms with van der Waals surface area (Å²) in [6, 6.07) is 16.1. The molecule has 0 spiro atoms. The molecule has 0 aliphatic carbocycles. The van der Waals surface area contributed by atoms with Gasteiger partial charge in [0.15, 0.2) is 5.82 Å². The molecule has 0 saturated carbocycles. The van der Waals surface area contributed by atoms with Gasteiger partial charge in [0.05, 0.1) is 38.0 Å². The Labute approximate surface area is 129 Å². The zero-order chi connectivity index (χ0) is 14.5. The van der Waals surface area contributed by atoms with E-state index in [4.69, 9.17) is 4.98 Å². The van der Waals surface area contributed by atoms with Crippen LogP contribution < -0.4 is 0 Å². The number of para-hydroxylation sites is 2. The van der Waals surface area contributed by atoms with E-state index in [1.54, 1.807) is 11.3 Å². The maximum atomic E-state index is 4.70. The first-order chi connectivity index (χ1) is 10.9. The van der Waals surface area contributed by atoms with Gasteiger partial charge in [0, 0.05) is 0 Å². The highest BCUT2D eigenvalue weighted by Crippen LogP contribution is 2.27. The Morgan fingerprint density at radius 2 is 1.59 bits per heavy atom. The predicted molar refractivity (Wildman–Crippen MR) is 90.0 cm³/mol. The molecule has 4 nitrogen and oxygen atoms in total. The first-order valence-electron chi connectivity index (χ1n) is 6.97. The molecule has 22 heavy (non-hydrogen) atoms. The van der Waals surface area contributed by atoms with Gasteiger partial charge in [-0.3, -0.25) is 0 Å². The second-order valence-corrected chi connectivity index (χ2v) is 6.08. The highest BCUT2D eigenvalue weighted by molar-refractivity contribution is 7.13. The van der Waals surface area contributed by atoms with Gasteiger partial charge in [-0.05, 0) is 35.7 Å². The lowest BCUT2D eigenvalue weighted by Gasteiger charge is -2.01. The number of imidazole rings is 1. The molecule has 104 valence electrons. The molecule has 0 atom stereocenters. The summed E-state index contributed by atoms with van der Waals surface area (Å²) in [5.74, 6) is 0.782. The molecule has 1 N–H and O–H groups in total. The standard InChI is InChI=1S/C17H10N4S/c1-2-5-11-10(4-1)18-12-8-14-15(9-13(12)19-11)21-17(20-14)16-6-3-7-22-16/h1-9,18H. The number of aromatic amines is 1. The number of benzene rings is 2. The normalized spacial score (nSPS) is 11.6. The average molecular weight is 302 g/mol. The summed E-state index contributed by atoms with van der Waals surface area (Å²) >= 11 is 1.65. The van der Waals surface area contributed by atoms with Crippen LogP contribution in [0.4, 0.5) is 0 Å². The van der Waals surface area contributed by atoms with Crippen LogP contribution in [-0.4, -0.2) is 19.9 Å². The maximum absolute atomic E-state index is 4.70. The third kappa shape index (κ3) is 1.72. The molecule has 2 aromatic carbocycles. The Kier molecular flexibility index (Phi) is 2.34. The van der Waals surface area contributed by atoms with Crippen LogP contribution in [0.5, 0.6) is 0 Å². The highest BCUT2D eigenvalue weighted by atomic mass is 32.1. The van der Waals surface area contributed by atoms with Crippen molar-refractivity contribution in [3.8, 4) is 10.7 Å². The van der Waals surface area contributed by atoms with Gasteiger partial charge in [0.1, 0.15) is 0 Å². The van der Waals surface area contributed by atoms with Crippen LogP contribution in [0.25, 0.3) is 43.8 Å². The summed E-state index contributed by atoms with van der Waals surface area (Å²) in [6.07, 6.45) is 0. The van der Waals surface area contributed by atoms with E-state index in [0.29, 0.717) is 0 Å². The van der Waals surface area contributed by atoms with Gasteiger partial charge < -0.3 is 4.98 Å². The number of nitrogens with one attached hydrogen (secondary N) is 1. The molecule has 0 aliphatic rings. The van der Waals surface area contributed by atoms with E-state index in [1.165, 1.54) is 0 Å². The SMILES string of the molecule is c1csc(-c2nc3cc4nc5ccccc5[nH]c4cc3n2)c1. The van der Waals surface area contributed by atoms with Crippen molar-refractivity contribution < 1.29 is 0 Å². The zero-order valence-electron chi connectivity index (χ0n) is 11.4. The van der Waals surface area contributed by atoms with Crippen LogP contribution in [0.3, 0.4) is 0 Å². The topological polar surface area (TPSA) is 54.5 Å². The summed E-state index contributed by atoms with van der Waals surface area (Å²) < 4.78 is 0. The summed E-state index contributed by atoms with van der Waals surface area (Å²) in [6.45, 7) is 0. The van der Waals surface area contributed by atoms with Gasteiger partial charge in [-0.1, -0.05) is 18.2 Å². The number of H-pyrrole nitrogens is 1. The fourth-order valence-electron chi connectivity index (χ4n) is 2.66. The molecule has 0 aliphatic heterocycles. The van der Waals surface area contributed by atoms with Gasteiger partial charge in [-0.15, -0.1) is 11.3 Å². The Balaban J connectivity index is 1.82. The largest absolute Gasteiger partial charge is 0.352 e. The number of thiophene rings is 1.